The van der Waals surface area contributed by atoms with Crippen molar-refractivity contribution in [2.24, 2.45) is 5.10 Å². The molecular formula is C18H13N3O5. The van der Waals surface area contributed by atoms with Gasteiger partial charge in [0.2, 0.25) is 0 Å². The molecule has 8 nitrogen and oxygen atoms in total. The van der Waals surface area contributed by atoms with Crippen LogP contribution in [0.2, 0.25) is 0 Å². The normalized spacial score (nSPS) is 11.3. The van der Waals surface area contributed by atoms with E-state index in [0.29, 0.717) is 10.9 Å². The molecule has 26 heavy (non-hydrogen) atoms. The Balaban J connectivity index is 1.93. The van der Waals surface area contributed by atoms with Gasteiger partial charge in [0.15, 0.2) is 0 Å². The van der Waals surface area contributed by atoms with Gasteiger partial charge in [-0.15, -0.1) is 0 Å². The lowest BCUT2D eigenvalue weighted by Gasteiger charge is -2.04. The van der Waals surface area contributed by atoms with Crippen molar-refractivity contribution < 1.29 is 14.1 Å². The Hall–Kier alpha value is -3.81. The lowest BCUT2D eigenvalue weighted by Crippen LogP contribution is -2.21. The van der Waals surface area contributed by atoms with E-state index in [1.165, 1.54) is 31.2 Å². The number of nitro groups is 1. The van der Waals surface area contributed by atoms with Crippen LogP contribution in [0, 0.1) is 10.1 Å². The number of hydrazone groups is 1. The van der Waals surface area contributed by atoms with Gasteiger partial charge in [-0.2, -0.15) is 5.10 Å². The minimum Gasteiger partial charge on any atom is -0.422 e. The third kappa shape index (κ3) is 3.48. The smallest absolute Gasteiger partial charge is 0.345 e. The zero-order valence-electron chi connectivity index (χ0n) is 13.6. The first kappa shape index (κ1) is 17.0. The summed E-state index contributed by atoms with van der Waals surface area (Å²) in [6.07, 6.45) is 0. The van der Waals surface area contributed by atoms with Gasteiger partial charge < -0.3 is 4.42 Å². The molecule has 2 aromatic carbocycles. The molecule has 0 bridgehead atoms. The Morgan fingerprint density at radius 2 is 1.88 bits per heavy atom. The Morgan fingerprint density at radius 1 is 1.15 bits per heavy atom. The molecule has 0 radical (unpaired) electrons. The van der Waals surface area contributed by atoms with Crippen LogP contribution in [0.3, 0.4) is 0 Å². The second kappa shape index (κ2) is 6.98. The highest BCUT2D eigenvalue weighted by Crippen LogP contribution is 2.20. The lowest BCUT2D eigenvalue weighted by molar-refractivity contribution is -0.384. The fourth-order valence-corrected chi connectivity index (χ4v) is 2.33. The van der Waals surface area contributed by atoms with Crippen molar-refractivity contribution >= 4 is 28.3 Å². The predicted octanol–water partition coefficient (Wildman–Crippen LogP) is 2.86. The summed E-state index contributed by atoms with van der Waals surface area (Å²) in [6.45, 7) is 1.53. The standard InChI is InChI=1S/C18H13N3O5/c1-11(19-20-17(22)12-5-3-2-4-6-12)15-10-13-9-14(21(24)25)7-8-16(13)26-18(15)23/h2-10H,1H3,(H,20,22)/b19-11+. The second-order valence-electron chi connectivity index (χ2n) is 5.43. The van der Waals surface area contributed by atoms with E-state index in [2.05, 4.69) is 10.5 Å². The molecule has 3 aromatic rings. The number of nitrogens with zero attached hydrogens (tertiary/aromatic N) is 2. The van der Waals surface area contributed by atoms with Crippen molar-refractivity contribution in [1.82, 2.24) is 5.43 Å². The fraction of sp³-hybridized carbons (Fsp3) is 0.0556. The quantitative estimate of drug-likeness (QED) is 0.336. The highest BCUT2D eigenvalue weighted by Gasteiger charge is 2.13. The van der Waals surface area contributed by atoms with Crippen LogP contribution in [0.4, 0.5) is 5.69 Å². The first-order chi connectivity index (χ1) is 12.5. The van der Waals surface area contributed by atoms with E-state index in [4.69, 9.17) is 4.42 Å². The summed E-state index contributed by atoms with van der Waals surface area (Å²) in [7, 11) is 0. The van der Waals surface area contributed by atoms with Crippen molar-refractivity contribution in [3.05, 3.63) is 86.3 Å². The van der Waals surface area contributed by atoms with Crippen LogP contribution in [0.15, 0.2) is 68.9 Å². The SMILES string of the molecule is C/C(=N\NC(=O)c1ccccc1)c1cc2cc([N+](=O)[O-])ccc2oc1=O. The average molecular weight is 351 g/mol. The molecule has 1 amide bonds. The van der Waals surface area contributed by atoms with Crippen LogP contribution in [-0.2, 0) is 0 Å². The zero-order valence-corrected chi connectivity index (χ0v) is 13.6. The van der Waals surface area contributed by atoms with Crippen molar-refractivity contribution in [2.75, 3.05) is 0 Å². The summed E-state index contributed by atoms with van der Waals surface area (Å²) in [5.74, 6) is -0.425. The van der Waals surface area contributed by atoms with Gasteiger partial charge in [0, 0.05) is 23.1 Å². The van der Waals surface area contributed by atoms with Crippen LogP contribution in [0.25, 0.3) is 11.0 Å². The van der Waals surface area contributed by atoms with Crippen molar-refractivity contribution in [2.45, 2.75) is 6.92 Å². The topological polar surface area (TPSA) is 115 Å². The molecule has 0 aliphatic rings. The second-order valence-corrected chi connectivity index (χ2v) is 5.43. The van der Waals surface area contributed by atoms with E-state index in [1.807, 2.05) is 0 Å². The molecule has 8 heteroatoms. The maximum atomic E-state index is 12.1. The summed E-state index contributed by atoms with van der Waals surface area (Å²) in [5, 5.41) is 15.2. The van der Waals surface area contributed by atoms with Gasteiger partial charge in [-0.05, 0) is 31.2 Å². The fourth-order valence-electron chi connectivity index (χ4n) is 2.33. The predicted molar refractivity (Wildman–Crippen MR) is 95.3 cm³/mol. The van der Waals surface area contributed by atoms with E-state index < -0.39 is 16.5 Å². The number of amides is 1. The van der Waals surface area contributed by atoms with Crippen LogP contribution in [0.1, 0.15) is 22.8 Å². The molecule has 1 heterocycles. The summed E-state index contributed by atoms with van der Waals surface area (Å²) >= 11 is 0. The molecule has 0 saturated heterocycles. The van der Waals surface area contributed by atoms with E-state index in [-0.39, 0.29) is 22.5 Å². The largest absolute Gasteiger partial charge is 0.422 e. The summed E-state index contributed by atoms with van der Waals surface area (Å²) in [4.78, 5) is 34.5. The highest BCUT2D eigenvalue weighted by molar-refractivity contribution is 6.02. The average Bonchev–Trinajstić information content (AvgIpc) is 2.65. The minimum atomic E-state index is -0.651. The molecule has 0 spiro atoms. The molecular weight excluding hydrogens is 338 g/mol. The van der Waals surface area contributed by atoms with Gasteiger partial charge in [-0.3, -0.25) is 14.9 Å². The van der Waals surface area contributed by atoms with Gasteiger partial charge in [0.1, 0.15) is 5.58 Å². The van der Waals surface area contributed by atoms with Gasteiger partial charge in [-0.1, -0.05) is 18.2 Å². The summed E-state index contributed by atoms with van der Waals surface area (Å²) < 4.78 is 5.17. The van der Waals surface area contributed by atoms with Crippen LogP contribution < -0.4 is 11.1 Å². The van der Waals surface area contributed by atoms with E-state index >= 15 is 0 Å². The maximum absolute atomic E-state index is 12.1. The summed E-state index contributed by atoms with van der Waals surface area (Å²) in [5.41, 5.74) is 2.56. The first-order valence-electron chi connectivity index (χ1n) is 7.58. The number of benzene rings is 2. The Bertz CT molecular complexity index is 1090. The molecule has 0 fully saturated rings. The number of non-ortho nitro benzene ring substituents is 1. The van der Waals surface area contributed by atoms with Gasteiger partial charge in [0.05, 0.1) is 16.2 Å². The molecule has 1 N–H and O–H groups in total. The number of hydrogen-bond donors (Lipinski definition) is 1. The van der Waals surface area contributed by atoms with E-state index in [0.717, 1.165) is 0 Å². The number of hydrogen-bond acceptors (Lipinski definition) is 6. The molecule has 0 aliphatic carbocycles. The highest BCUT2D eigenvalue weighted by atomic mass is 16.6. The number of carbonyl (C=O) groups is 1. The van der Waals surface area contributed by atoms with Crippen molar-refractivity contribution in [1.29, 1.82) is 0 Å². The minimum absolute atomic E-state index is 0.103. The first-order valence-corrected chi connectivity index (χ1v) is 7.58. The molecule has 0 saturated carbocycles. The monoisotopic (exact) mass is 351 g/mol. The molecule has 3 rings (SSSR count). The van der Waals surface area contributed by atoms with E-state index in [9.17, 15) is 19.7 Å². The summed E-state index contributed by atoms with van der Waals surface area (Å²) in [6, 6.07) is 13.8. The third-order valence-corrected chi connectivity index (χ3v) is 3.68. The van der Waals surface area contributed by atoms with Gasteiger partial charge in [0.25, 0.3) is 11.6 Å². The molecule has 130 valence electrons. The Morgan fingerprint density at radius 3 is 2.58 bits per heavy atom. The van der Waals surface area contributed by atoms with Crippen LogP contribution >= 0.6 is 0 Å². The number of rotatable bonds is 4. The lowest BCUT2D eigenvalue weighted by atomic mass is 10.1. The maximum Gasteiger partial charge on any atom is 0.345 e. The molecule has 0 unspecified atom stereocenters. The number of nitro benzene ring substituents is 1. The number of fused-ring (bicyclic) bond motifs is 1. The van der Waals surface area contributed by atoms with Crippen molar-refractivity contribution in [3.8, 4) is 0 Å². The van der Waals surface area contributed by atoms with E-state index in [1.54, 1.807) is 30.3 Å². The Kier molecular flexibility index (Phi) is 4.57. The van der Waals surface area contributed by atoms with Crippen LogP contribution in [0.5, 0.6) is 0 Å². The molecule has 1 aromatic heterocycles. The molecule has 0 aliphatic heterocycles. The van der Waals surface area contributed by atoms with Gasteiger partial charge in [-0.25, -0.2) is 10.2 Å². The third-order valence-electron chi connectivity index (χ3n) is 3.68. The van der Waals surface area contributed by atoms with Crippen LogP contribution in [-0.4, -0.2) is 16.5 Å². The van der Waals surface area contributed by atoms with Gasteiger partial charge >= 0.3 is 5.63 Å². The van der Waals surface area contributed by atoms with Crippen molar-refractivity contribution in [3.63, 3.8) is 0 Å². The number of carbonyl (C=O) groups excluding carboxylic acids is 1. The zero-order chi connectivity index (χ0) is 18.7. The molecule has 0 atom stereocenters. The number of nitrogens with one attached hydrogen (secondary N) is 1. The Labute approximate surface area is 146 Å².